The topological polar surface area (TPSA) is 3.24 Å². The van der Waals surface area contributed by atoms with Crippen molar-refractivity contribution in [3.8, 4) is 0 Å². The van der Waals surface area contributed by atoms with Gasteiger partial charge in [0.25, 0.3) is 0 Å². The lowest BCUT2D eigenvalue weighted by atomic mass is 10.1. The minimum Gasteiger partial charge on any atom is -0.372 e. The van der Waals surface area contributed by atoms with Gasteiger partial charge in [-0.25, -0.2) is 0 Å². The molecular weight excluding hydrogens is 238 g/mol. The Hall–Kier alpha value is -0.500. The molecule has 2 rings (SSSR count). The van der Waals surface area contributed by atoms with Gasteiger partial charge in [0.1, 0.15) is 0 Å². The van der Waals surface area contributed by atoms with Crippen molar-refractivity contribution in [3.05, 3.63) is 29.8 Å². The zero-order valence-corrected chi connectivity index (χ0v) is 9.96. The molecule has 0 spiro atoms. The second-order valence-corrected chi connectivity index (χ2v) is 4.41. The third-order valence-corrected chi connectivity index (χ3v) is 3.43. The van der Waals surface area contributed by atoms with E-state index in [1.54, 1.807) is 0 Å². The highest BCUT2D eigenvalue weighted by Crippen LogP contribution is 2.21. The molecule has 1 heterocycles. The summed E-state index contributed by atoms with van der Waals surface area (Å²) in [6.07, 6.45) is 4.09. The van der Waals surface area contributed by atoms with Gasteiger partial charge < -0.3 is 4.90 Å². The maximum Gasteiger partial charge on any atom is 0.0369 e. The summed E-state index contributed by atoms with van der Waals surface area (Å²) in [7, 11) is 0. The number of rotatable bonds is 2. The van der Waals surface area contributed by atoms with Crippen molar-refractivity contribution in [1.82, 2.24) is 0 Å². The fourth-order valence-corrected chi connectivity index (χ4v) is 2.34. The summed E-state index contributed by atoms with van der Waals surface area (Å²) < 4.78 is 0. The average molecular weight is 254 g/mol. The Morgan fingerprint density at radius 1 is 1.14 bits per heavy atom. The lowest BCUT2D eigenvalue weighted by molar-refractivity contribution is 0.578. The molecule has 1 fully saturated rings. The van der Waals surface area contributed by atoms with Gasteiger partial charge in [-0.1, -0.05) is 28.1 Å². The Labute approximate surface area is 94.2 Å². The van der Waals surface area contributed by atoms with Gasteiger partial charge in [0, 0.05) is 24.1 Å². The second-order valence-electron chi connectivity index (χ2n) is 3.85. The second kappa shape index (κ2) is 4.83. The van der Waals surface area contributed by atoms with Crippen LogP contribution in [0.3, 0.4) is 0 Å². The highest BCUT2D eigenvalue weighted by Gasteiger charge is 2.10. The highest BCUT2D eigenvalue weighted by molar-refractivity contribution is 9.08. The van der Waals surface area contributed by atoms with Gasteiger partial charge in [-0.05, 0) is 37.0 Å². The van der Waals surface area contributed by atoms with Gasteiger partial charge in [0.05, 0.1) is 0 Å². The molecule has 0 amide bonds. The largest absolute Gasteiger partial charge is 0.372 e. The Morgan fingerprint density at radius 2 is 1.93 bits per heavy atom. The standard InChI is InChI=1S/C12H16BrN/c13-10-11-5-4-6-12(9-11)14-7-2-1-3-8-14/h4-6,9H,1-3,7-8,10H2. The van der Waals surface area contributed by atoms with Crippen LogP contribution in [-0.2, 0) is 5.33 Å². The first-order chi connectivity index (χ1) is 6.90. The third kappa shape index (κ3) is 2.30. The quantitative estimate of drug-likeness (QED) is 0.729. The van der Waals surface area contributed by atoms with Crippen molar-refractivity contribution in [2.75, 3.05) is 18.0 Å². The first-order valence-corrected chi connectivity index (χ1v) is 6.42. The number of alkyl halides is 1. The molecule has 1 aliphatic rings. The van der Waals surface area contributed by atoms with E-state index in [2.05, 4.69) is 45.1 Å². The summed E-state index contributed by atoms with van der Waals surface area (Å²) in [6.45, 7) is 2.46. The van der Waals surface area contributed by atoms with Gasteiger partial charge in [-0.15, -0.1) is 0 Å². The van der Waals surface area contributed by atoms with Crippen LogP contribution < -0.4 is 4.90 Å². The molecule has 0 aromatic heterocycles. The van der Waals surface area contributed by atoms with Crippen LogP contribution in [0.15, 0.2) is 24.3 Å². The van der Waals surface area contributed by atoms with E-state index in [4.69, 9.17) is 0 Å². The fourth-order valence-electron chi connectivity index (χ4n) is 1.99. The lowest BCUT2D eigenvalue weighted by Gasteiger charge is -2.29. The molecule has 76 valence electrons. The molecule has 0 N–H and O–H groups in total. The Kier molecular flexibility index (Phi) is 3.46. The van der Waals surface area contributed by atoms with Crippen molar-refractivity contribution in [3.63, 3.8) is 0 Å². The molecule has 1 aromatic rings. The van der Waals surface area contributed by atoms with Gasteiger partial charge >= 0.3 is 0 Å². The van der Waals surface area contributed by atoms with E-state index in [0.29, 0.717) is 0 Å². The maximum absolute atomic E-state index is 3.50. The number of anilines is 1. The Bertz CT molecular complexity index is 292. The summed E-state index contributed by atoms with van der Waals surface area (Å²) in [5.74, 6) is 0. The van der Waals surface area contributed by atoms with Gasteiger partial charge in [-0.2, -0.15) is 0 Å². The maximum atomic E-state index is 3.50. The van der Waals surface area contributed by atoms with Crippen molar-refractivity contribution in [1.29, 1.82) is 0 Å². The minimum absolute atomic E-state index is 0.953. The van der Waals surface area contributed by atoms with Gasteiger partial charge in [-0.3, -0.25) is 0 Å². The van der Waals surface area contributed by atoms with E-state index < -0.39 is 0 Å². The summed E-state index contributed by atoms with van der Waals surface area (Å²) >= 11 is 3.50. The van der Waals surface area contributed by atoms with E-state index in [-0.39, 0.29) is 0 Å². The Morgan fingerprint density at radius 3 is 2.64 bits per heavy atom. The van der Waals surface area contributed by atoms with Crippen LogP contribution in [0.4, 0.5) is 5.69 Å². The van der Waals surface area contributed by atoms with Crippen molar-refractivity contribution >= 4 is 21.6 Å². The van der Waals surface area contributed by atoms with Crippen LogP contribution in [0.2, 0.25) is 0 Å². The van der Waals surface area contributed by atoms with Crippen molar-refractivity contribution in [2.45, 2.75) is 24.6 Å². The van der Waals surface area contributed by atoms with Crippen LogP contribution in [0.1, 0.15) is 24.8 Å². The minimum atomic E-state index is 0.953. The summed E-state index contributed by atoms with van der Waals surface area (Å²) in [6, 6.07) is 8.83. The predicted octanol–water partition coefficient (Wildman–Crippen LogP) is 3.57. The zero-order chi connectivity index (χ0) is 9.80. The first kappa shape index (κ1) is 10.0. The highest BCUT2D eigenvalue weighted by atomic mass is 79.9. The van der Waals surface area contributed by atoms with Crippen LogP contribution in [0, 0.1) is 0 Å². The van der Waals surface area contributed by atoms with E-state index in [1.807, 2.05) is 0 Å². The zero-order valence-electron chi connectivity index (χ0n) is 8.38. The van der Waals surface area contributed by atoms with Crippen LogP contribution in [0.5, 0.6) is 0 Å². The summed E-state index contributed by atoms with van der Waals surface area (Å²) in [5.41, 5.74) is 2.76. The molecule has 0 unspecified atom stereocenters. The molecule has 0 atom stereocenters. The molecule has 0 bridgehead atoms. The monoisotopic (exact) mass is 253 g/mol. The van der Waals surface area contributed by atoms with Gasteiger partial charge in [0.15, 0.2) is 0 Å². The lowest BCUT2D eigenvalue weighted by Crippen LogP contribution is -2.29. The number of benzene rings is 1. The molecule has 0 radical (unpaired) electrons. The number of halogens is 1. The fraction of sp³-hybridized carbons (Fsp3) is 0.500. The van der Waals surface area contributed by atoms with E-state index >= 15 is 0 Å². The van der Waals surface area contributed by atoms with E-state index in [1.165, 1.54) is 43.6 Å². The molecule has 0 saturated carbocycles. The third-order valence-electron chi connectivity index (χ3n) is 2.79. The van der Waals surface area contributed by atoms with Crippen LogP contribution in [0.25, 0.3) is 0 Å². The SMILES string of the molecule is BrCc1cccc(N2CCCCC2)c1. The normalized spacial score (nSPS) is 17.1. The molecule has 0 aliphatic carbocycles. The number of hydrogen-bond donors (Lipinski definition) is 0. The average Bonchev–Trinajstić information content (AvgIpc) is 2.30. The number of piperidine rings is 1. The number of hydrogen-bond acceptors (Lipinski definition) is 1. The molecule has 2 heteroatoms. The molecule has 1 aromatic carbocycles. The van der Waals surface area contributed by atoms with Crippen LogP contribution in [-0.4, -0.2) is 13.1 Å². The Balaban J connectivity index is 2.13. The van der Waals surface area contributed by atoms with Gasteiger partial charge in [0.2, 0.25) is 0 Å². The van der Waals surface area contributed by atoms with Crippen LogP contribution >= 0.6 is 15.9 Å². The number of nitrogens with zero attached hydrogens (tertiary/aromatic N) is 1. The molecule has 14 heavy (non-hydrogen) atoms. The van der Waals surface area contributed by atoms with E-state index in [9.17, 15) is 0 Å². The summed E-state index contributed by atoms with van der Waals surface area (Å²) in [5, 5.41) is 0.953. The molecular formula is C12H16BrN. The first-order valence-electron chi connectivity index (χ1n) is 5.30. The predicted molar refractivity (Wildman–Crippen MR) is 65.1 cm³/mol. The smallest absolute Gasteiger partial charge is 0.0369 e. The van der Waals surface area contributed by atoms with Crippen molar-refractivity contribution in [2.24, 2.45) is 0 Å². The molecule has 1 nitrogen and oxygen atoms in total. The van der Waals surface area contributed by atoms with E-state index in [0.717, 1.165) is 5.33 Å². The molecule has 1 saturated heterocycles. The molecule has 1 aliphatic heterocycles. The summed E-state index contributed by atoms with van der Waals surface area (Å²) in [4.78, 5) is 2.50. The van der Waals surface area contributed by atoms with Crippen molar-refractivity contribution < 1.29 is 0 Å².